The monoisotopic (exact) mass is 445 g/mol. The molecule has 10 nitrogen and oxygen atoms in total. The summed E-state index contributed by atoms with van der Waals surface area (Å²) >= 11 is 0. The fraction of sp³-hybridized carbons (Fsp3) is 0.250. The van der Waals surface area contributed by atoms with Gasteiger partial charge in [-0.15, -0.1) is 0 Å². The van der Waals surface area contributed by atoms with E-state index < -0.39 is 16.0 Å². The molecule has 1 heterocycles. The Hall–Kier alpha value is -3.60. The number of urea groups is 1. The molecule has 2 amide bonds. The van der Waals surface area contributed by atoms with Crippen LogP contribution in [0.1, 0.15) is 12.0 Å². The molecule has 0 unspecified atom stereocenters. The number of rotatable bonds is 8. The third-order valence-corrected chi connectivity index (χ3v) is 5.39. The Morgan fingerprint density at radius 2 is 1.81 bits per heavy atom. The summed E-state index contributed by atoms with van der Waals surface area (Å²) in [6, 6.07) is 11.6. The van der Waals surface area contributed by atoms with E-state index in [0.29, 0.717) is 29.9 Å². The van der Waals surface area contributed by atoms with Crippen molar-refractivity contribution in [2.45, 2.75) is 6.42 Å². The Bertz CT molecular complexity index is 1130. The van der Waals surface area contributed by atoms with Gasteiger partial charge >= 0.3 is 12.0 Å². The van der Waals surface area contributed by atoms with Crippen molar-refractivity contribution in [3.05, 3.63) is 48.0 Å². The summed E-state index contributed by atoms with van der Waals surface area (Å²) in [5.74, 6) is -1.05. The van der Waals surface area contributed by atoms with Gasteiger partial charge in [0.05, 0.1) is 24.1 Å². The number of benzene rings is 2. The Morgan fingerprint density at radius 1 is 1.16 bits per heavy atom. The number of amidine groups is 1. The van der Waals surface area contributed by atoms with Crippen molar-refractivity contribution in [1.29, 1.82) is 5.41 Å². The van der Waals surface area contributed by atoms with Crippen molar-refractivity contribution in [3.8, 4) is 11.1 Å². The second-order valence-electron chi connectivity index (χ2n) is 7.16. The van der Waals surface area contributed by atoms with Crippen LogP contribution in [-0.4, -0.2) is 62.2 Å². The van der Waals surface area contributed by atoms with Gasteiger partial charge in [-0.25, -0.2) is 13.2 Å². The van der Waals surface area contributed by atoms with E-state index in [4.69, 9.17) is 16.2 Å². The molecule has 1 fully saturated rings. The van der Waals surface area contributed by atoms with Crippen molar-refractivity contribution < 1.29 is 23.1 Å². The van der Waals surface area contributed by atoms with Crippen LogP contribution >= 0.6 is 0 Å². The number of nitrogen functional groups attached to an aromatic ring is 1. The minimum Gasteiger partial charge on any atom is -0.481 e. The van der Waals surface area contributed by atoms with E-state index in [1.54, 1.807) is 42.5 Å². The summed E-state index contributed by atoms with van der Waals surface area (Å²) in [6.07, 6.45) is 0.860. The molecule has 5 N–H and O–H groups in total. The molecule has 1 aliphatic rings. The molecule has 0 bridgehead atoms. The van der Waals surface area contributed by atoms with Crippen molar-refractivity contribution in [3.63, 3.8) is 0 Å². The summed E-state index contributed by atoms with van der Waals surface area (Å²) in [5, 5.41) is 16.3. The van der Waals surface area contributed by atoms with E-state index in [9.17, 15) is 18.0 Å². The molecule has 2 aromatic carbocycles. The highest BCUT2D eigenvalue weighted by molar-refractivity contribution is 7.92. The van der Waals surface area contributed by atoms with Crippen LogP contribution in [0.5, 0.6) is 0 Å². The molecule has 0 spiro atoms. The van der Waals surface area contributed by atoms with Crippen LogP contribution in [0.4, 0.5) is 16.2 Å². The zero-order chi connectivity index (χ0) is 22.8. The summed E-state index contributed by atoms with van der Waals surface area (Å²) in [4.78, 5) is 26.4. The second kappa shape index (κ2) is 8.64. The lowest BCUT2D eigenvalue weighted by Crippen LogP contribution is -2.33. The van der Waals surface area contributed by atoms with Crippen LogP contribution in [0.15, 0.2) is 42.5 Å². The molecule has 0 saturated carbocycles. The minimum absolute atomic E-state index is 0.0543. The topological polar surface area (TPSA) is 157 Å². The van der Waals surface area contributed by atoms with E-state index in [2.05, 4.69) is 4.72 Å². The van der Waals surface area contributed by atoms with E-state index >= 15 is 0 Å². The van der Waals surface area contributed by atoms with Crippen LogP contribution in [0.3, 0.4) is 0 Å². The van der Waals surface area contributed by atoms with Gasteiger partial charge in [0.15, 0.2) is 0 Å². The first-order valence-electron chi connectivity index (χ1n) is 9.40. The van der Waals surface area contributed by atoms with Gasteiger partial charge in [-0.2, -0.15) is 0 Å². The fourth-order valence-corrected chi connectivity index (χ4v) is 3.88. The highest BCUT2D eigenvalue weighted by Crippen LogP contribution is 2.34. The van der Waals surface area contributed by atoms with E-state index in [-0.39, 0.29) is 30.5 Å². The molecule has 1 aliphatic heterocycles. The van der Waals surface area contributed by atoms with Crippen LogP contribution in [-0.2, 0) is 14.8 Å². The normalized spacial score (nSPS) is 14.0. The summed E-state index contributed by atoms with van der Waals surface area (Å²) in [6.45, 7) is 0.738. The van der Waals surface area contributed by atoms with Gasteiger partial charge in [-0.05, 0) is 23.3 Å². The summed E-state index contributed by atoms with van der Waals surface area (Å²) < 4.78 is 26.3. The number of aliphatic carboxylic acids is 1. The number of nitrogens with zero attached hydrogens (tertiary/aromatic N) is 2. The first kappa shape index (κ1) is 22.1. The van der Waals surface area contributed by atoms with Gasteiger partial charge in [0.1, 0.15) is 5.84 Å². The van der Waals surface area contributed by atoms with Gasteiger partial charge in [0.25, 0.3) is 0 Å². The Labute approximate surface area is 179 Å². The van der Waals surface area contributed by atoms with Gasteiger partial charge in [0.2, 0.25) is 10.0 Å². The van der Waals surface area contributed by atoms with E-state index in [0.717, 1.165) is 11.8 Å². The number of carbonyl (C=O) groups excluding carboxylic acids is 1. The third kappa shape index (κ3) is 5.31. The van der Waals surface area contributed by atoms with Crippen molar-refractivity contribution >= 4 is 39.2 Å². The molecule has 0 atom stereocenters. The molecule has 0 aliphatic carbocycles. The number of nitrogens with one attached hydrogen (secondary N) is 2. The molecule has 31 heavy (non-hydrogen) atoms. The smallest absolute Gasteiger partial charge is 0.324 e. The number of nitrogens with two attached hydrogens (primary N) is 1. The quantitative estimate of drug-likeness (QED) is 0.358. The predicted octanol–water partition coefficient (Wildman–Crippen LogP) is 1.73. The van der Waals surface area contributed by atoms with Gasteiger partial charge in [-0.1, -0.05) is 30.3 Å². The third-order valence-electron chi connectivity index (χ3n) is 4.80. The maximum absolute atomic E-state index is 12.7. The molecule has 164 valence electrons. The van der Waals surface area contributed by atoms with Gasteiger partial charge in [0, 0.05) is 25.2 Å². The number of sulfonamides is 1. The number of amides is 2. The Kier molecular flexibility index (Phi) is 6.16. The summed E-state index contributed by atoms with van der Waals surface area (Å²) in [7, 11) is -3.62. The number of carbonyl (C=O) groups is 2. The molecule has 0 radical (unpaired) electrons. The van der Waals surface area contributed by atoms with Crippen LogP contribution in [0.2, 0.25) is 0 Å². The van der Waals surface area contributed by atoms with Crippen molar-refractivity contribution in [1.82, 2.24) is 4.90 Å². The lowest BCUT2D eigenvalue weighted by molar-refractivity contribution is -0.137. The standard InChI is InChI=1S/C20H23N5O5S/c1-31(29,30)23-16-12-15(13-2-4-14(5-3-13)19(21)22)6-7-17(16)25-11-10-24(20(25)28)9-8-18(26)27/h2-7,12,23H,8-11H2,1H3,(H3,21,22)(H,26,27). The first-order valence-corrected chi connectivity index (χ1v) is 11.3. The van der Waals surface area contributed by atoms with Crippen LogP contribution < -0.4 is 15.4 Å². The SMILES string of the molecule is CS(=O)(=O)Nc1cc(-c2ccc(C(=N)N)cc2)ccc1N1CCN(CCC(=O)O)C1=O. The maximum atomic E-state index is 12.7. The Balaban J connectivity index is 1.94. The molecule has 2 aromatic rings. The molecule has 3 rings (SSSR count). The molecule has 0 aromatic heterocycles. The fourth-order valence-electron chi connectivity index (χ4n) is 3.32. The number of carboxylic acid groups (broad SMARTS) is 1. The van der Waals surface area contributed by atoms with Gasteiger partial charge < -0.3 is 15.7 Å². The molecule has 11 heteroatoms. The van der Waals surface area contributed by atoms with E-state index in [1.165, 1.54) is 9.80 Å². The molecule has 1 saturated heterocycles. The van der Waals surface area contributed by atoms with E-state index in [1.807, 2.05) is 0 Å². The zero-order valence-electron chi connectivity index (χ0n) is 16.8. The summed E-state index contributed by atoms with van der Waals surface area (Å²) in [5.41, 5.74) is 8.16. The van der Waals surface area contributed by atoms with Crippen LogP contribution in [0, 0.1) is 5.41 Å². The highest BCUT2D eigenvalue weighted by atomic mass is 32.2. The highest BCUT2D eigenvalue weighted by Gasteiger charge is 2.31. The van der Waals surface area contributed by atoms with Gasteiger partial charge in [-0.3, -0.25) is 19.8 Å². The Morgan fingerprint density at radius 3 is 2.39 bits per heavy atom. The first-order chi connectivity index (χ1) is 14.5. The number of hydrogen-bond acceptors (Lipinski definition) is 5. The largest absolute Gasteiger partial charge is 0.481 e. The molecular formula is C20H23N5O5S. The predicted molar refractivity (Wildman–Crippen MR) is 118 cm³/mol. The zero-order valence-corrected chi connectivity index (χ0v) is 17.6. The average Bonchev–Trinajstić information content (AvgIpc) is 3.05. The number of hydrogen-bond donors (Lipinski definition) is 4. The minimum atomic E-state index is -3.62. The van der Waals surface area contributed by atoms with Crippen molar-refractivity contribution in [2.75, 3.05) is 35.5 Å². The second-order valence-corrected chi connectivity index (χ2v) is 8.91. The number of anilines is 2. The van der Waals surface area contributed by atoms with Crippen LogP contribution in [0.25, 0.3) is 11.1 Å². The lowest BCUT2D eigenvalue weighted by Gasteiger charge is -2.22. The molecular weight excluding hydrogens is 422 g/mol. The van der Waals surface area contributed by atoms with Crippen molar-refractivity contribution in [2.24, 2.45) is 5.73 Å². The lowest BCUT2D eigenvalue weighted by atomic mass is 10.0. The average molecular weight is 446 g/mol. The maximum Gasteiger partial charge on any atom is 0.324 e. The number of carboxylic acids is 1.